The highest BCUT2D eigenvalue weighted by Gasteiger charge is 2.26. The first-order valence-electron chi connectivity index (χ1n) is 8.79. The number of halogens is 1. The summed E-state index contributed by atoms with van der Waals surface area (Å²) in [7, 11) is 3.80. The molecule has 1 N–H and O–H groups in total. The molecule has 1 aromatic heterocycles. The third-order valence-electron chi connectivity index (χ3n) is 4.57. The lowest BCUT2D eigenvalue weighted by molar-refractivity contribution is 0.319. The van der Waals surface area contributed by atoms with Crippen LogP contribution < -0.4 is 10.1 Å². The lowest BCUT2D eigenvalue weighted by Gasteiger charge is -2.21. The number of rotatable bonds is 5. The summed E-state index contributed by atoms with van der Waals surface area (Å²) in [6.45, 7) is 5.41. The van der Waals surface area contributed by atoms with Gasteiger partial charge < -0.3 is 15.0 Å². The zero-order valence-electron chi connectivity index (χ0n) is 15.7. The maximum atomic E-state index is 5.76. The Balaban J connectivity index is 0.00000243. The molecule has 2 heterocycles. The second-order valence-corrected chi connectivity index (χ2v) is 6.51. The fourth-order valence-electron chi connectivity index (χ4n) is 3.17. The summed E-state index contributed by atoms with van der Waals surface area (Å²) in [5.41, 5.74) is 2.55. The van der Waals surface area contributed by atoms with Gasteiger partial charge in [0.2, 0.25) is 0 Å². The molecule has 1 atom stereocenters. The van der Waals surface area contributed by atoms with Gasteiger partial charge in [-0.1, -0.05) is 17.7 Å². The number of aliphatic imine (C=N–C) groups is 1. The molecule has 1 saturated heterocycles. The molecule has 0 spiro atoms. The molecule has 1 fully saturated rings. The maximum absolute atomic E-state index is 5.76. The van der Waals surface area contributed by atoms with Gasteiger partial charge in [-0.3, -0.25) is 9.67 Å². The summed E-state index contributed by atoms with van der Waals surface area (Å²) >= 11 is 0. The third kappa shape index (κ3) is 5.36. The van der Waals surface area contributed by atoms with Gasteiger partial charge in [0.05, 0.1) is 12.7 Å². The molecular formula is C19H28IN5O. The van der Waals surface area contributed by atoms with Crippen molar-refractivity contribution in [1.82, 2.24) is 20.0 Å². The minimum Gasteiger partial charge on any atom is -0.492 e. The molecule has 3 rings (SSSR count). The fraction of sp³-hybridized carbons (Fsp3) is 0.474. The van der Waals surface area contributed by atoms with E-state index in [9.17, 15) is 0 Å². The molecule has 0 bridgehead atoms. The first-order valence-corrected chi connectivity index (χ1v) is 8.79. The highest BCUT2D eigenvalue weighted by Crippen LogP contribution is 2.26. The topological polar surface area (TPSA) is 54.7 Å². The average Bonchev–Trinajstić information content (AvgIpc) is 3.25. The van der Waals surface area contributed by atoms with Gasteiger partial charge in [-0.2, -0.15) is 5.10 Å². The summed E-state index contributed by atoms with van der Waals surface area (Å²) in [6, 6.07) is 8.13. The minimum absolute atomic E-state index is 0. The average molecular weight is 469 g/mol. The molecule has 1 unspecified atom stereocenters. The van der Waals surface area contributed by atoms with E-state index in [0.717, 1.165) is 37.8 Å². The van der Waals surface area contributed by atoms with E-state index in [1.54, 1.807) is 0 Å². The standard InChI is InChI=1S/C19H27N5O.HI/c1-15-4-6-18(7-5-15)25-11-9-21-19(20-2)24-10-8-16(14-24)17-12-22-23(3)13-17;/h4-7,12-13,16H,8-11,14H2,1-3H3,(H,20,21);1H. The van der Waals surface area contributed by atoms with Gasteiger partial charge in [-0.25, -0.2) is 0 Å². The molecule has 1 aliphatic heterocycles. The van der Waals surface area contributed by atoms with Gasteiger partial charge in [0, 0.05) is 39.3 Å². The second kappa shape index (κ2) is 9.80. The minimum atomic E-state index is 0. The molecule has 26 heavy (non-hydrogen) atoms. The van der Waals surface area contributed by atoms with Crippen molar-refractivity contribution in [3.63, 3.8) is 0 Å². The van der Waals surface area contributed by atoms with Crippen molar-refractivity contribution >= 4 is 29.9 Å². The molecule has 0 amide bonds. The van der Waals surface area contributed by atoms with Gasteiger partial charge in [-0.05, 0) is 31.0 Å². The lowest BCUT2D eigenvalue weighted by Crippen LogP contribution is -2.41. The Labute approximate surface area is 172 Å². The Morgan fingerprint density at radius 1 is 1.35 bits per heavy atom. The number of guanidine groups is 1. The molecule has 6 nitrogen and oxygen atoms in total. The smallest absolute Gasteiger partial charge is 0.193 e. The van der Waals surface area contributed by atoms with Crippen molar-refractivity contribution in [3.05, 3.63) is 47.8 Å². The van der Waals surface area contributed by atoms with Crippen LogP contribution in [0.4, 0.5) is 0 Å². The molecule has 0 radical (unpaired) electrons. The van der Waals surface area contributed by atoms with Crippen molar-refractivity contribution in [2.45, 2.75) is 19.3 Å². The van der Waals surface area contributed by atoms with Gasteiger partial charge >= 0.3 is 0 Å². The predicted octanol–water partition coefficient (Wildman–Crippen LogP) is 2.79. The van der Waals surface area contributed by atoms with Crippen LogP contribution in [-0.4, -0.2) is 53.9 Å². The summed E-state index contributed by atoms with van der Waals surface area (Å²) in [6.07, 6.45) is 5.21. The van der Waals surface area contributed by atoms with Crippen LogP contribution in [0.2, 0.25) is 0 Å². The SMILES string of the molecule is CN=C(NCCOc1ccc(C)cc1)N1CCC(c2cnn(C)c2)C1.I. The van der Waals surface area contributed by atoms with Crippen molar-refractivity contribution in [2.75, 3.05) is 33.3 Å². The normalized spacial score (nSPS) is 17.1. The summed E-state index contributed by atoms with van der Waals surface area (Å²) in [5.74, 6) is 2.37. The number of nitrogens with one attached hydrogen (secondary N) is 1. The quantitative estimate of drug-likeness (QED) is 0.317. The Morgan fingerprint density at radius 2 is 2.12 bits per heavy atom. The van der Waals surface area contributed by atoms with Crippen LogP contribution in [0.15, 0.2) is 41.7 Å². The number of nitrogens with zero attached hydrogens (tertiary/aromatic N) is 4. The summed E-state index contributed by atoms with van der Waals surface area (Å²) in [4.78, 5) is 6.72. The second-order valence-electron chi connectivity index (χ2n) is 6.51. The van der Waals surface area contributed by atoms with Gasteiger partial charge in [0.1, 0.15) is 12.4 Å². The van der Waals surface area contributed by atoms with Crippen LogP contribution >= 0.6 is 24.0 Å². The van der Waals surface area contributed by atoms with Crippen LogP contribution in [-0.2, 0) is 7.05 Å². The van der Waals surface area contributed by atoms with E-state index < -0.39 is 0 Å². The monoisotopic (exact) mass is 469 g/mol. The van der Waals surface area contributed by atoms with Crippen LogP contribution in [0.3, 0.4) is 0 Å². The van der Waals surface area contributed by atoms with Gasteiger partial charge in [0.15, 0.2) is 5.96 Å². The first kappa shape index (κ1) is 20.5. The Morgan fingerprint density at radius 3 is 2.77 bits per heavy atom. The van der Waals surface area contributed by atoms with Crippen molar-refractivity contribution < 1.29 is 4.74 Å². The molecule has 1 aromatic carbocycles. The summed E-state index contributed by atoms with van der Waals surface area (Å²) in [5, 5.41) is 7.68. The van der Waals surface area contributed by atoms with Crippen LogP contribution in [0.25, 0.3) is 0 Å². The predicted molar refractivity (Wildman–Crippen MR) is 116 cm³/mol. The van der Waals surface area contributed by atoms with E-state index in [2.05, 4.69) is 45.6 Å². The molecule has 1 aliphatic rings. The molecule has 0 aliphatic carbocycles. The van der Waals surface area contributed by atoms with Crippen molar-refractivity contribution in [2.24, 2.45) is 12.0 Å². The highest BCUT2D eigenvalue weighted by atomic mass is 127. The van der Waals surface area contributed by atoms with Crippen LogP contribution in [0.5, 0.6) is 5.75 Å². The van der Waals surface area contributed by atoms with E-state index in [4.69, 9.17) is 4.74 Å². The van der Waals surface area contributed by atoms with E-state index in [1.807, 2.05) is 37.1 Å². The van der Waals surface area contributed by atoms with E-state index in [0.29, 0.717) is 12.5 Å². The number of likely N-dealkylation sites (tertiary alicyclic amines) is 1. The maximum Gasteiger partial charge on any atom is 0.193 e. The zero-order chi connectivity index (χ0) is 17.6. The lowest BCUT2D eigenvalue weighted by atomic mass is 10.0. The van der Waals surface area contributed by atoms with E-state index in [-0.39, 0.29) is 24.0 Å². The Bertz CT molecular complexity index is 713. The van der Waals surface area contributed by atoms with E-state index >= 15 is 0 Å². The number of hydrogen-bond acceptors (Lipinski definition) is 3. The Hall–Kier alpha value is -1.77. The fourth-order valence-corrected chi connectivity index (χ4v) is 3.17. The Kier molecular flexibility index (Phi) is 7.74. The van der Waals surface area contributed by atoms with E-state index in [1.165, 1.54) is 11.1 Å². The molecule has 142 valence electrons. The van der Waals surface area contributed by atoms with Crippen molar-refractivity contribution in [3.8, 4) is 5.75 Å². The highest BCUT2D eigenvalue weighted by molar-refractivity contribution is 14.0. The van der Waals surface area contributed by atoms with Crippen LogP contribution in [0.1, 0.15) is 23.5 Å². The number of hydrogen-bond donors (Lipinski definition) is 1. The number of aryl methyl sites for hydroxylation is 2. The number of aromatic nitrogens is 2. The zero-order valence-corrected chi connectivity index (χ0v) is 18.0. The van der Waals surface area contributed by atoms with Crippen LogP contribution in [0, 0.1) is 6.92 Å². The van der Waals surface area contributed by atoms with Gasteiger partial charge in [0.25, 0.3) is 0 Å². The summed E-state index contributed by atoms with van der Waals surface area (Å²) < 4.78 is 7.63. The number of ether oxygens (including phenoxy) is 1. The number of benzene rings is 1. The van der Waals surface area contributed by atoms with Gasteiger partial charge in [-0.15, -0.1) is 24.0 Å². The molecule has 2 aromatic rings. The largest absolute Gasteiger partial charge is 0.492 e. The molecular weight excluding hydrogens is 441 g/mol. The first-order chi connectivity index (χ1) is 12.2. The van der Waals surface area contributed by atoms with Crippen molar-refractivity contribution in [1.29, 1.82) is 0 Å². The molecule has 0 saturated carbocycles. The molecule has 7 heteroatoms. The third-order valence-corrected chi connectivity index (χ3v) is 4.57.